The molecule has 2 amide bonds. The molecule has 1 aromatic carbocycles. The third-order valence-corrected chi connectivity index (χ3v) is 5.08. The predicted octanol–water partition coefficient (Wildman–Crippen LogP) is 2.81. The Morgan fingerprint density at radius 3 is 2.52 bits per heavy atom. The lowest BCUT2D eigenvalue weighted by Crippen LogP contribution is -2.40. The van der Waals surface area contributed by atoms with Crippen LogP contribution in [0, 0.1) is 12.8 Å². The molecular formula is C18H25N3O2. The minimum atomic E-state index is -0.113. The van der Waals surface area contributed by atoms with Gasteiger partial charge in [-0.3, -0.25) is 9.59 Å². The van der Waals surface area contributed by atoms with Crippen LogP contribution in [0.25, 0.3) is 0 Å². The number of anilines is 2. The average molecular weight is 315 g/mol. The van der Waals surface area contributed by atoms with Crippen molar-refractivity contribution in [2.75, 3.05) is 10.6 Å². The topological polar surface area (TPSA) is 70.2 Å². The number of hydrogen-bond acceptors (Lipinski definition) is 3. The fourth-order valence-corrected chi connectivity index (χ4v) is 3.84. The average Bonchev–Trinajstić information content (AvgIpc) is 2.95. The van der Waals surface area contributed by atoms with E-state index in [1.165, 1.54) is 32.6 Å². The van der Waals surface area contributed by atoms with Gasteiger partial charge in [0.15, 0.2) is 0 Å². The SMILES string of the molecule is CC(=O)Nc1cccc(NC(=O)C2CC3CCCCC3N2)c1C. The maximum atomic E-state index is 12.6. The first-order chi connectivity index (χ1) is 11.0. The third kappa shape index (κ3) is 3.55. The maximum Gasteiger partial charge on any atom is 0.241 e. The summed E-state index contributed by atoms with van der Waals surface area (Å²) in [6, 6.07) is 5.96. The van der Waals surface area contributed by atoms with Crippen molar-refractivity contribution in [1.82, 2.24) is 5.32 Å². The van der Waals surface area contributed by atoms with Crippen LogP contribution >= 0.6 is 0 Å². The van der Waals surface area contributed by atoms with E-state index in [0.29, 0.717) is 12.0 Å². The molecule has 23 heavy (non-hydrogen) atoms. The largest absolute Gasteiger partial charge is 0.326 e. The lowest BCUT2D eigenvalue weighted by atomic mass is 9.85. The Labute approximate surface area is 137 Å². The van der Waals surface area contributed by atoms with E-state index in [1.54, 1.807) is 0 Å². The molecular weight excluding hydrogens is 290 g/mol. The Kier molecular flexibility index (Phi) is 4.66. The van der Waals surface area contributed by atoms with Crippen LogP contribution in [0.15, 0.2) is 18.2 Å². The first-order valence-corrected chi connectivity index (χ1v) is 8.48. The maximum absolute atomic E-state index is 12.6. The molecule has 3 N–H and O–H groups in total. The summed E-state index contributed by atoms with van der Waals surface area (Å²) in [7, 11) is 0. The van der Waals surface area contributed by atoms with Crippen molar-refractivity contribution in [2.45, 2.75) is 58.0 Å². The van der Waals surface area contributed by atoms with Crippen LogP contribution in [-0.2, 0) is 9.59 Å². The zero-order chi connectivity index (χ0) is 16.4. The number of carbonyl (C=O) groups excluding carboxylic acids is 2. The Hall–Kier alpha value is -1.88. The van der Waals surface area contributed by atoms with E-state index in [4.69, 9.17) is 0 Å². The van der Waals surface area contributed by atoms with Crippen LogP contribution in [0.5, 0.6) is 0 Å². The number of hydrogen-bond donors (Lipinski definition) is 3. The third-order valence-electron chi connectivity index (χ3n) is 5.08. The van der Waals surface area contributed by atoms with Gasteiger partial charge in [-0.15, -0.1) is 0 Å². The van der Waals surface area contributed by atoms with Crippen molar-refractivity contribution in [3.63, 3.8) is 0 Å². The molecule has 0 aromatic heterocycles. The molecule has 1 saturated carbocycles. The van der Waals surface area contributed by atoms with E-state index in [9.17, 15) is 9.59 Å². The summed E-state index contributed by atoms with van der Waals surface area (Å²) in [6.45, 7) is 3.39. The fraction of sp³-hybridized carbons (Fsp3) is 0.556. The second kappa shape index (κ2) is 6.71. The Balaban J connectivity index is 1.67. The summed E-state index contributed by atoms with van der Waals surface area (Å²) in [5, 5.41) is 9.31. The highest BCUT2D eigenvalue weighted by Crippen LogP contribution is 2.33. The molecule has 5 nitrogen and oxygen atoms in total. The van der Waals surface area contributed by atoms with E-state index >= 15 is 0 Å². The summed E-state index contributed by atoms with van der Waals surface area (Å²) in [5.41, 5.74) is 2.38. The van der Waals surface area contributed by atoms with Crippen molar-refractivity contribution < 1.29 is 9.59 Å². The van der Waals surface area contributed by atoms with E-state index in [1.807, 2.05) is 25.1 Å². The molecule has 0 spiro atoms. The van der Waals surface area contributed by atoms with Crippen LogP contribution in [0.4, 0.5) is 11.4 Å². The Bertz CT molecular complexity index is 600. The molecule has 2 fully saturated rings. The molecule has 2 aliphatic rings. The van der Waals surface area contributed by atoms with Crippen LogP contribution in [0.2, 0.25) is 0 Å². The molecule has 3 atom stereocenters. The van der Waals surface area contributed by atoms with E-state index < -0.39 is 0 Å². The second-order valence-corrected chi connectivity index (χ2v) is 6.75. The smallest absolute Gasteiger partial charge is 0.241 e. The monoisotopic (exact) mass is 315 g/mol. The lowest BCUT2D eigenvalue weighted by molar-refractivity contribution is -0.118. The molecule has 1 aromatic rings. The van der Waals surface area contributed by atoms with E-state index in [0.717, 1.165) is 23.4 Å². The molecule has 1 aliphatic heterocycles. The summed E-state index contributed by atoms with van der Waals surface area (Å²) in [4.78, 5) is 23.8. The van der Waals surface area contributed by atoms with Gasteiger partial charge >= 0.3 is 0 Å². The van der Waals surface area contributed by atoms with Crippen LogP contribution in [-0.4, -0.2) is 23.9 Å². The van der Waals surface area contributed by atoms with Gasteiger partial charge in [-0.2, -0.15) is 0 Å². The highest BCUT2D eigenvalue weighted by molar-refractivity contribution is 5.97. The van der Waals surface area contributed by atoms with Crippen molar-refractivity contribution in [3.8, 4) is 0 Å². The van der Waals surface area contributed by atoms with Gasteiger partial charge in [-0.05, 0) is 49.8 Å². The molecule has 3 rings (SSSR count). The Morgan fingerprint density at radius 1 is 1.13 bits per heavy atom. The molecule has 1 saturated heterocycles. The van der Waals surface area contributed by atoms with Gasteiger partial charge in [0.2, 0.25) is 11.8 Å². The number of carbonyl (C=O) groups is 2. The summed E-state index contributed by atoms with van der Waals surface area (Å²) in [5.74, 6) is 0.562. The Morgan fingerprint density at radius 2 is 1.83 bits per heavy atom. The fourth-order valence-electron chi connectivity index (χ4n) is 3.84. The van der Waals surface area contributed by atoms with Gasteiger partial charge in [0, 0.05) is 24.3 Å². The summed E-state index contributed by atoms with van der Waals surface area (Å²) in [6.07, 6.45) is 5.90. The molecule has 1 heterocycles. The van der Waals surface area contributed by atoms with Crippen molar-refractivity contribution in [1.29, 1.82) is 0 Å². The number of amides is 2. The number of nitrogens with one attached hydrogen (secondary N) is 3. The van der Waals surface area contributed by atoms with E-state index in [-0.39, 0.29) is 17.9 Å². The molecule has 5 heteroatoms. The normalized spacial score (nSPS) is 26.4. The van der Waals surface area contributed by atoms with Gasteiger partial charge in [0.05, 0.1) is 6.04 Å². The minimum Gasteiger partial charge on any atom is -0.326 e. The van der Waals surface area contributed by atoms with E-state index in [2.05, 4.69) is 16.0 Å². The quantitative estimate of drug-likeness (QED) is 0.803. The highest BCUT2D eigenvalue weighted by atomic mass is 16.2. The molecule has 1 aliphatic carbocycles. The van der Waals surface area contributed by atoms with Crippen molar-refractivity contribution >= 4 is 23.2 Å². The highest BCUT2D eigenvalue weighted by Gasteiger charge is 2.38. The van der Waals surface area contributed by atoms with Crippen LogP contribution in [0.3, 0.4) is 0 Å². The van der Waals surface area contributed by atoms with Gasteiger partial charge in [-0.25, -0.2) is 0 Å². The van der Waals surface area contributed by atoms with Crippen LogP contribution in [0.1, 0.15) is 44.6 Å². The minimum absolute atomic E-state index is 0.0301. The van der Waals surface area contributed by atoms with Gasteiger partial charge < -0.3 is 16.0 Å². The van der Waals surface area contributed by atoms with Crippen LogP contribution < -0.4 is 16.0 Å². The van der Waals surface area contributed by atoms with Gasteiger partial charge in [0.1, 0.15) is 0 Å². The number of fused-ring (bicyclic) bond motifs is 1. The molecule has 124 valence electrons. The van der Waals surface area contributed by atoms with Crippen molar-refractivity contribution in [2.24, 2.45) is 5.92 Å². The predicted molar refractivity (Wildman–Crippen MR) is 91.4 cm³/mol. The molecule has 0 bridgehead atoms. The van der Waals surface area contributed by atoms with Gasteiger partial charge in [-0.1, -0.05) is 18.9 Å². The first-order valence-electron chi connectivity index (χ1n) is 8.48. The van der Waals surface area contributed by atoms with Gasteiger partial charge in [0.25, 0.3) is 0 Å². The first kappa shape index (κ1) is 16.0. The summed E-state index contributed by atoms with van der Waals surface area (Å²) < 4.78 is 0. The number of rotatable bonds is 3. The molecule has 0 radical (unpaired) electrons. The standard InChI is InChI=1S/C18H25N3O2/c1-11-14(19-12(2)22)8-5-9-15(11)21-18(23)17-10-13-6-3-4-7-16(13)20-17/h5,8-9,13,16-17,20H,3-4,6-7,10H2,1-2H3,(H,19,22)(H,21,23). The zero-order valence-electron chi connectivity index (χ0n) is 13.8. The lowest BCUT2D eigenvalue weighted by Gasteiger charge is -2.24. The van der Waals surface area contributed by atoms with Crippen molar-refractivity contribution in [3.05, 3.63) is 23.8 Å². The number of benzene rings is 1. The second-order valence-electron chi connectivity index (χ2n) is 6.75. The molecule has 3 unspecified atom stereocenters. The summed E-state index contributed by atoms with van der Waals surface area (Å²) >= 11 is 0. The zero-order valence-corrected chi connectivity index (χ0v) is 13.8.